The summed E-state index contributed by atoms with van der Waals surface area (Å²) in [6, 6.07) is 0. The third-order valence-corrected chi connectivity index (χ3v) is 0.612. The molecule has 1 nitrogen and oxygen atoms in total. The number of hydrogen-bond acceptors (Lipinski definition) is 1. The van der Waals surface area contributed by atoms with Crippen molar-refractivity contribution in [3.63, 3.8) is 0 Å². The van der Waals surface area contributed by atoms with E-state index in [2.05, 4.69) is 4.74 Å². The zero-order chi connectivity index (χ0) is 3.41. The average Bonchev–Trinajstić information content (AvgIpc) is 1.37. The lowest BCUT2D eigenvalue weighted by Gasteiger charge is -1.76. The molecule has 2 heteroatoms. The molecule has 0 spiro atoms. The highest BCUT2D eigenvalue weighted by molar-refractivity contribution is 6.08. The zero-order valence-electron chi connectivity index (χ0n) is 2.82. The molecule has 0 aromatic rings. The molecule has 1 radical (unpaired) electrons. The van der Waals surface area contributed by atoms with Crippen LogP contribution in [0.4, 0.5) is 0 Å². The van der Waals surface area contributed by atoms with E-state index in [9.17, 15) is 0 Å². The molecule has 0 unspecified atom stereocenters. The van der Waals surface area contributed by atoms with E-state index in [4.69, 9.17) is 0 Å². The van der Waals surface area contributed by atoms with Crippen LogP contribution in [0.3, 0.4) is 0 Å². The molecule has 0 amide bonds. The Morgan fingerprint density at radius 3 is 2.25 bits per heavy atom. The molecule has 0 heterocycles. The minimum Gasteiger partial charge on any atom is -0.389 e. The maximum absolute atomic E-state index is 4.55. The zero-order valence-corrected chi connectivity index (χ0v) is 4.24. The molecule has 0 saturated carbocycles. The lowest BCUT2D eigenvalue weighted by atomic mass is 11.5. The van der Waals surface area contributed by atoms with Crippen LogP contribution in [0.2, 0.25) is 0 Å². The summed E-state index contributed by atoms with van der Waals surface area (Å²) in [6.07, 6.45) is 0.847. The van der Waals surface area contributed by atoms with Gasteiger partial charge in [-0.25, -0.2) is 0 Å². The molecule has 4 heavy (non-hydrogen) atoms. The van der Waals surface area contributed by atoms with E-state index in [0.29, 0.717) is 0 Å². The molecule has 0 aromatic heterocycles. The van der Waals surface area contributed by atoms with Gasteiger partial charge in [-0.3, -0.25) is 0 Å². The second-order valence-electron chi connectivity index (χ2n) is 0.493. The van der Waals surface area contributed by atoms with E-state index in [1.165, 1.54) is 0 Å². The average molecular weight is 75.2 g/mol. The smallest absolute Gasteiger partial charge is 0.0425 e. The van der Waals surface area contributed by atoms with Gasteiger partial charge in [-0.15, -0.1) is 0 Å². The largest absolute Gasteiger partial charge is 0.389 e. The molecule has 0 fully saturated rings. The van der Waals surface area contributed by atoms with E-state index in [1.54, 1.807) is 17.4 Å². The predicted molar refractivity (Wildman–Crippen MR) is 20.4 cm³/mol. The fourth-order valence-corrected chi connectivity index (χ4v) is 0. The fraction of sp³-hybridized carbons (Fsp3) is 1.00. The van der Waals surface area contributed by atoms with Crippen LogP contribution < -0.4 is 0 Å². The molecule has 0 aliphatic heterocycles. The van der Waals surface area contributed by atoms with E-state index < -0.39 is 0 Å². The highest BCUT2D eigenvalue weighted by Crippen LogP contribution is 1.45. The minimum absolute atomic E-state index is 0.847. The molecule has 0 aliphatic carbocycles. The Balaban J connectivity index is 1.97. The van der Waals surface area contributed by atoms with Crippen molar-refractivity contribution in [3.05, 3.63) is 0 Å². The topological polar surface area (TPSA) is 9.23 Å². The molecule has 0 bridgehead atoms. The maximum atomic E-state index is 4.55. The van der Waals surface area contributed by atoms with Crippen molar-refractivity contribution in [3.8, 4) is 0 Å². The second kappa shape index (κ2) is 3.18. The van der Waals surface area contributed by atoms with Gasteiger partial charge >= 0.3 is 0 Å². The molecule has 0 aliphatic rings. The molecular weight excluding hydrogens is 68.1 g/mol. The number of hydrogen-bond donors (Lipinski definition) is 0. The molecule has 0 rings (SSSR count). The van der Waals surface area contributed by atoms with Crippen molar-refractivity contribution in [2.24, 2.45) is 0 Å². The van der Waals surface area contributed by atoms with Gasteiger partial charge in [0.25, 0.3) is 0 Å². The van der Waals surface area contributed by atoms with Gasteiger partial charge in [-0.2, -0.15) is 0 Å². The Morgan fingerprint density at radius 1 is 2.00 bits per heavy atom. The maximum Gasteiger partial charge on any atom is 0.0425 e. The normalized spacial score (nSPS) is 7.50. The van der Waals surface area contributed by atoms with Crippen molar-refractivity contribution in [2.45, 2.75) is 0 Å². The Bertz CT molecular complexity index is 8.00. The highest BCUT2D eigenvalue weighted by atomic mass is 28.1. The first-order chi connectivity index (χ1) is 1.91. The molecular formula is C2H7OSi. The van der Waals surface area contributed by atoms with Crippen LogP contribution in [0.5, 0.6) is 0 Å². The van der Waals surface area contributed by atoms with Gasteiger partial charge in [0, 0.05) is 23.6 Å². The summed E-state index contributed by atoms with van der Waals surface area (Å²) in [5.74, 6) is 0. The Morgan fingerprint density at radius 2 is 2.25 bits per heavy atom. The first kappa shape index (κ1) is 4.18. The van der Waals surface area contributed by atoms with Crippen molar-refractivity contribution in [1.82, 2.24) is 0 Å². The third kappa shape index (κ3) is 2.18. The quantitative estimate of drug-likeness (QED) is 0.372. The molecule has 0 saturated heterocycles. The SMILES string of the molecule is COC[SiH2]. The van der Waals surface area contributed by atoms with Gasteiger partial charge in [0.15, 0.2) is 0 Å². The summed E-state index contributed by atoms with van der Waals surface area (Å²) in [7, 11) is 3.49. The van der Waals surface area contributed by atoms with Gasteiger partial charge in [0.2, 0.25) is 0 Å². The molecule has 25 valence electrons. The summed E-state index contributed by atoms with van der Waals surface area (Å²) >= 11 is 0. The van der Waals surface area contributed by atoms with Gasteiger partial charge in [-0.05, 0) is 0 Å². The van der Waals surface area contributed by atoms with Gasteiger partial charge in [0.1, 0.15) is 0 Å². The fourth-order valence-electron chi connectivity index (χ4n) is 0. The van der Waals surface area contributed by atoms with Crippen LogP contribution in [0.15, 0.2) is 0 Å². The standard InChI is InChI=1S/C2H7OSi/c1-3-2-4/h2,4H2,1H3. The molecule has 0 aromatic carbocycles. The minimum atomic E-state index is 0.847. The van der Waals surface area contributed by atoms with Crippen molar-refractivity contribution in [2.75, 3.05) is 13.3 Å². The van der Waals surface area contributed by atoms with Crippen molar-refractivity contribution >= 4 is 10.2 Å². The lowest BCUT2D eigenvalue weighted by Crippen LogP contribution is -1.80. The predicted octanol–water partition coefficient (Wildman–Crippen LogP) is -0.777. The first-order valence-corrected chi connectivity index (χ1v) is 2.20. The van der Waals surface area contributed by atoms with Gasteiger partial charge < -0.3 is 4.74 Å². The first-order valence-electron chi connectivity index (χ1n) is 1.20. The number of rotatable bonds is 1. The second-order valence-corrected chi connectivity index (χ2v) is 0.901. The summed E-state index contributed by atoms with van der Waals surface area (Å²) < 4.78 is 4.55. The van der Waals surface area contributed by atoms with Crippen LogP contribution in [0, 0.1) is 0 Å². The Kier molecular flexibility index (Phi) is 3.32. The van der Waals surface area contributed by atoms with Crippen LogP contribution in [0.1, 0.15) is 0 Å². The van der Waals surface area contributed by atoms with Crippen molar-refractivity contribution < 1.29 is 4.74 Å². The van der Waals surface area contributed by atoms with Crippen LogP contribution in [-0.4, -0.2) is 23.6 Å². The van der Waals surface area contributed by atoms with Gasteiger partial charge in [-0.1, -0.05) is 0 Å². The van der Waals surface area contributed by atoms with Crippen LogP contribution >= 0.6 is 0 Å². The van der Waals surface area contributed by atoms with E-state index in [1.807, 2.05) is 0 Å². The monoisotopic (exact) mass is 75.0 g/mol. The summed E-state index contributed by atoms with van der Waals surface area (Å²) in [5.41, 5.74) is 0. The Hall–Kier alpha value is 0.177. The van der Waals surface area contributed by atoms with E-state index in [0.717, 1.165) is 6.23 Å². The number of ether oxygens (including phenoxy) is 1. The van der Waals surface area contributed by atoms with Crippen LogP contribution in [-0.2, 0) is 4.74 Å². The lowest BCUT2D eigenvalue weighted by molar-refractivity contribution is 0.254. The van der Waals surface area contributed by atoms with Crippen LogP contribution in [0.25, 0.3) is 0 Å². The van der Waals surface area contributed by atoms with Crippen molar-refractivity contribution in [1.29, 1.82) is 0 Å². The van der Waals surface area contributed by atoms with E-state index >= 15 is 0 Å². The Labute approximate surface area is 29.4 Å². The summed E-state index contributed by atoms with van der Waals surface area (Å²) in [4.78, 5) is 0. The summed E-state index contributed by atoms with van der Waals surface area (Å²) in [6.45, 7) is 0. The third-order valence-electron chi connectivity index (χ3n) is 0.204. The van der Waals surface area contributed by atoms with Gasteiger partial charge in [0.05, 0.1) is 0 Å². The highest BCUT2D eigenvalue weighted by Gasteiger charge is 1.52. The van der Waals surface area contributed by atoms with E-state index in [-0.39, 0.29) is 0 Å². The molecule has 0 N–H and O–H groups in total. The summed E-state index contributed by atoms with van der Waals surface area (Å²) in [5, 5.41) is 0. The molecule has 0 atom stereocenters. The number of methoxy groups -OCH3 is 1.